The summed E-state index contributed by atoms with van der Waals surface area (Å²) in [5.74, 6) is 0. The second kappa shape index (κ2) is 5.30. The Bertz CT molecular complexity index is 233. The molecule has 0 radical (unpaired) electrons. The molecule has 0 aromatic heterocycles. The Hall–Kier alpha value is -0.470. The van der Waals surface area contributed by atoms with E-state index in [1.165, 1.54) is 5.56 Å². The zero-order chi connectivity index (χ0) is 9.68. The van der Waals surface area contributed by atoms with Crippen molar-refractivity contribution in [3.63, 3.8) is 0 Å². The van der Waals surface area contributed by atoms with Gasteiger partial charge in [0.1, 0.15) is 0 Å². The molecular formula is C11H17NS. The number of rotatable bonds is 4. The van der Waals surface area contributed by atoms with Gasteiger partial charge in [0, 0.05) is 11.8 Å². The van der Waals surface area contributed by atoms with Crippen LogP contribution in [0.3, 0.4) is 0 Å². The molecule has 0 fully saturated rings. The number of benzene rings is 1. The second-order valence-corrected chi connectivity index (χ2v) is 5.10. The molecule has 0 bridgehead atoms. The van der Waals surface area contributed by atoms with E-state index in [4.69, 9.17) is 5.73 Å². The van der Waals surface area contributed by atoms with Crippen LogP contribution in [-0.2, 0) is 0 Å². The first-order valence-electron chi connectivity index (χ1n) is 4.64. The maximum absolute atomic E-state index is 5.73. The van der Waals surface area contributed by atoms with Gasteiger partial charge in [-0.25, -0.2) is 0 Å². The summed E-state index contributed by atoms with van der Waals surface area (Å²) >= 11 is 1.93. The van der Waals surface area contributed by atoms with Crippen molar-refractivity contribution in [2.24, 2.45) is 5.73 Å². The van der Waals surface area contributed by atoms with Crippen LogP contribution in [0.4, 0.5) is 0 Å². The second-order valence-electron chi connectivity index (χ2n) is 3.32. The van der Waals surface area contributed by atoms with Gasteiger partial charge in [-0.05, 0) is 10.8 Å². The summed E-state index contributed by atoms with van der Waals surface area (Å²) in [5.41, 5.74) is 7.07. The molecule has 0 aliphatic rings. The Morgan fingerprint density at radius 3 is 2.31 bits per heavy atom. The minimum Gasteiger partial charge on any atom is -0.329 e. The molecule has 0 saturated heterocycles. The average molecular weight is 195 g/mol. The number of thioether (sulfide) groups is 1. The highest BCUT2D eigenvalue weighted by molar-refractivity contribution is 8.00. The molecule has 2 N–H and O–H groups in total. The van der Waals surface area contributed by atoms with Gasteiger partial charge in [-0.1, -0.05) is 44.2 Å². The van der Waals surface area contributed by atoms with Crippen molar-refractivity contribution in [2.75, 3.05) is 6.54 Å². The van der Waals surface area contributed by atoms with E-state index < -0.39 is 0 Å². The number of hydrogen-bond acceptors (Lipinski definition) is 2. The van der Waals surface area contributed by atoms with Gasteiger partial charge in [0.05, 0.1) is 0 Å². The van der Waals surface area contributed by atoms with Gasteiger partial charge < -0.3 is 5.73 Å². The predicted octanol–water partition coefficient (Wildman–Crippen LogP) is 2.83. The fourth-order valence-corrected chi connectivity index (χ4v) is 2.35. The fraction of sp³-hybridized carbons (Fsp3) is 0.455. The predicted molar refractivity (Wildman–Crippen MR) is 61.0 cm³/mol. The van der Waals surface area contributed by atoms with Gasteiger partial charge in [0.25, 0.3) is 0 Å². The van der Waals surface area contributed by atoms with E-state index in [2.05, 4.69) is 38.1 Å². The lowest BCUT2D eigenvalue weighted by molar-refractivity contribution is 0.928. The zero-order valence-corrected chi connectivity index (χ0v) is 9.05. The van der Waals surface area contributed by atoms with Gasteiger partial charge >= 0.3 is 0 Å². The Kier molecular flexibility index (Phi) is 4.33. The highest BCUT2D eigenvalue weighted by atomic mass is 32.2. The molecule has 0 heterocycles. The average Bonchev–Trinajstić information content (AvgIpc) is 2.15. The van der Waals surface area contributed by atoms with Crippen LogP contribution >= 0.6 is 11.8 Å². The minimum atomic E-state index is 0.446. The summed E-state index contributed by atoms with van der Waals surface area (Å²) < 4.78 is 0. The van der Waals surface area contributed by atoms with Crippen molar-refractivity contribution in [1.29, 1.82) is 0 Å². The van der Waals surface area contributed by atoms with E-state index in [1.54, 1.807) is 0 Å². The van der Waals surface area contributed by atoms with Crippen LogP contribution in [0.15, 0.2) is 30.3 Å². The maximum atomic E-state index is 5.73. The topological polar surface area (TPSA) is 26.0 Å². The molecule has 0 amide bonds. The van der Waals surface area contributed by atoms with Gasteiger partial charge in [0.15, 0.2) is 0 Å². The first-order valence-corrected chi connectivity index (χ1v) is 5.58. The van der Waals surface area contributed by atoms with Crippen LogP contribution in [0.1, 0.15) is 24.7 Å². The fourth-order valence-electron chi connectivity index (χ4n) is 1.27. The zero-order valence-electron chi connectivity index (χ0n) is 8.23. The van der Waals surface area contributed by atoms with Crippen LogP contribution in [0.5, 0.6) is 0 Å². The molecule has 1 rings (SSSR count). The van der Waals surface area contributed by atoms with Crippen molar-refractivity contribution in [2.45, 2.75) is 24.3 Å². The normalized spacial score (nSPS) is 13.2. The van der Waals surface area contributed by atoms with Gasteiger partial charge in [-0.2, -0.15) is 0 Å². The summed E-state index contributed by atoms with van der Waals surface area (Å²) in [5, 5.41) is 1.08. The third-order valence-electron chi connectivity index (χ3n) is 1.82. The SMILES string of the molecule is CC(C)SC(CN)c1ccccc1. The van der Waals surface area contributed by atoms with Gasteiger partial charge in [-0.3, -0.25) is 0 Å². The molecule has 0 spiro atoms. The molecule has 1 aromatic carbocycles. The monoisotopic (exact) mass is 195 g/mol. The molecule has 2 heteroatoms. The lowest BCUT2D eigenvalue weighted by atomic mass is 10.1. The van der Waals surface area contributed by atoms with Crippen molar-refractivity contribution in [3.8, 4) is 0 Å². The lowest BCUT2D eigenvalue weighted by Crippen LogP contribution is -2.11. The van der Waals surface area contributed by atoms with Crippen LogP contribution in [-0.4, -0.2) is 11.8 Å². The largest absolute Gasteiger partial charge is 0.329 e. The molecule has 0 aliphatic heterocycles. The van der Waals surface area contributed by atoms with E-state index in [0.717, 1.165) is 0 Å². The summed E-state index contributed by atoms with van der Waals surface area (Å²) in [6, 6.07) is 10.5. The Balaban J connectivity index is 2.67. The van der Waals surface area contributed by atoms with E-state index in [-0.39, 0.29) is 0 Å². The van der Waals surface area contributed by atoms with E-state index in [9.17, 15) is 0 Å². The highest BCUT2D eigenvalue weighted by Crippen LogP contribution is 2.30. The van der Waals surface area contributed by atoms with Gasteiger partial charge in [0.2, 0.25) is 0 Å². The Labute approximate surface area is 84.7 Å². The van der Waals surface area contributed by atoms with E-state index >= 15 is 0 Å². The number of nitrogens with two attached hydrogens (primary N) is 1. The van der Waals surface area contributed by atoms with Crippen LogP contribution in [0.2, 0.25) is 0 Å². The molecule has 0 saturated carbocycles. The smallest absolute Gasteiger partial charge is 0.0422 e. The summed E-state index contributed by atoms with van der Waals surface area (Å²) in [4.78, 5) is 0. The number of hydrogen-bond donors (Lipinski definition) is 1. The van der Waals surface area contributed by atoms with Crippen molar-refractivity contribution in [3.05, 3.63) is 35.9 Å². The first kappa shape index (κ1) is 10.6. The quantitative estimate of drug-likeness (QED) is 0.799. The Morgan fingerprint density at radius 2 is 1.85 bits per heavy atom. The van der Waals surface area contributed by atoms with Crippen molar-refractivity contribution < 1.29 is 0 Å². The first-order chi connectivity index (χ1) is 6.24. The maximum Gasteiger partial charge on any atom is 0.0422 e. The van der Waals surface area contributed by atoms with Crippen molar-refractivity contribution in [1.82, 2.24) is 0 Å². The lowest BCUT2D eigenvalue weighted by Gasteiger charge is -2.16. The standard InChI is InChI=1S/C11H17NS/c1-9(2)13-11(8-12)10-6-4-3-5-7-10/h3-7,9,11H,8,12H2,1-2H3. The molecule has 0 aliphatic carbocycles. The Morgan fingerprint density at radius 1 is 1.23 bits per heavy atom. The van der Waals surface area contributed by atoms with Crippen LogP contribution in [0, 0.1) is 0 Å². The highest BCUT2D eigenvalue weighted by Gasteiger charge is 2.10. The molecule has 72 valence electrons. The summed E-state index contributed by atoms with van der Waals surface area (Å²) in [6.45, 7) is 5.12. The van der Waals surface area contributed by atoms with Crippen molar-refractivity contribution >= 4 is 11.8 Å². The van der Waals surface area contributed by atoms with E-state index in [1.807, 2.05) is 17.8 Å². The van der Waals surface area contributed by atoms with Crippen LogP contribution < -0.4 is 5.73 Å². The molecule has 1 aromatic rings. The molecule has 1 unspecified atom stereocenters. The summed E-state index contributed by atoms with van der Waals surface area (Å²) in [6.07, 6.45) is 0. The molecule has 13 heavy (non-hydrogen) atoms. The van der Waals surface area contributed by atoms with E-state index in [0.29, 0.717) is 17.0 Å². The third kappa shape index (κ3) is 3.41. The van der Waals surface area contributed by atoms with Crippen LogP contribution in [0.25, 0.3) is 0 Å². The van der Waals surface area contributed by atoms with Gasteiger partial charge in [-0.15, -0.1) is 11.8 Å². The molecular weight excluding hydrogens is 178 g/mol. The third-order valence-corrected chi connectivity index (χ3v) is 3.16. The molecule has 1 nitrogen and oxygen atoms in total. The minimum absolute atomic E-state index is 0.446. The molecule has 1 atom stereocenters. The summed E-state index contributed by atoms with van der Waals surface area (Å²) in [7, 11) is 0.